The molecule has 0 amide bonds. The quantitative estimate of drug-likeness (QED) is 0.884. The highest BCUT2D eigenvalue weighted by Crippen LogP contribution is 2.35. The third-order valence-corrected chi connectivity index (χ3v) is 4.78. The molecule has 1 aromatic carbocycles. The normalized spacial score (nSPS) is 19.7. The maximum absolute atomic E-state index is 12.2. The highest BCUT2D eigenvalue weighted by Gasteiger charge is 2.30. The topological polar surface area (TPSA) is 66.8 Å². The molecular formula is C12H17NO4S. The summed E-state index contributed by atoms with van der Waals surface area (Å²) in [4.78, 5) is 0. The van der Waals surface area contributed by atoms with Crippen LogP contribution in [0.2, 0.25) is 0 Å². The van der Waals surface area contributed by atoms with Gasteiger partial charge < -0.3 is 9.84 Å². The predicted octanol–water partition coefficient (Wildman–Crippen LogP) is 0.906. The number of fused-ring (bicyclic) bond motifs is 1. The van der Waals surface area contributed by atoms with Crippen molar-refractivity contribution >= 4 is 15.7 Å². The van der Waals surface area contributed by atoms with Crippen molar-refractivity contribution in [3.63, 3.8) is 0 Å². The molecule has 0 aliphatic carbocycles. The third-order valence-electron chi connectivity index (χ3n) is 3.05. The van der Waals surface area contributed by atoms with Crippen molar-refractivity contribution in [1.29, 1.82) is 0 Å². The molecule has 2 rings (SSSR count). The van der Waals surface area contributed by atoms with E-state index in [1.54, 1.807) is 24.3 Å². The van der Waals surface area contributed by atoms with Gasteiger partial charge in [0.2, 0.25) is 10.0 Å². The Labute approximate surface area is 107 Å². The van der Waals surface area contributed by atoms with Crippen molar-refractivity contribution in [1.82, 2.24) is 0 Å². The number of anilines is 1. The Bertz CT molecular complexity index is 515. The summed E-state index contributed by atoms with van der Waals surface area (Å²) < 4.78 is 30.5. The number of para-hydroxylation sites is 1. The molecular weight excluding hydrogens is 254 g/mol. The lowest BCUT2D eigenvalue weighted by molar-refractivity contribution is 0.166. The summed E-state index contributed by atoms with van der Waals surface area (Å²) in [7, 11) is -1.91. The van der Waals surface area contributed by atoms with Gasteiger partial charge in [0.1, 0.15) is 0 Å². The van der Waals surface area contributed by atoms with Crippen molar-refractivity contribution in [2.75, 3.05) is 30.3 Å². The first-order valence-electron chi connectivity index (χ1n) is 5.82. The van der Waals surface area contributed by atoms with Crippen molar-refractivity contribution in [2.24, 2.45) is 0 Å². The van der Waals surface area contributed by atoms with Gasteiger partial charge in [0.05, 0.1) is 24.2 Å². The molecule has 6 heteroatoms. The van der Waals surface area contributed by atoms with Crippen LogP contribution in [0.3, 0.4) is 0 Å². The van der Waals surface area contributed by atoms with Gasteiger partial charge in [-0.05, 0) is 12.5 Å². The van der Waals surface area contributed by atoms with Crippen LogP contribution < -0.4 is 4.31 Å². The number of aliphatic hydroxyl groups excluding tert-OH is 1. The highest BCUT2D eigenvalue weighted by molar-refractivity contribution is 7.92. The van der Waals surface area contributed by atoms with E-state index in [1.165, 1.54) is 11.4 Å². The number of hydrogen-bond acceptors (Lipinski definition) is 4. The average molecular weight is 271 g/mol. The summed E-state index contributed by atoms with van der Waals surface area (Å²) in [6, 6.07) is 7.06. The van der Waals surface area contributed by atoms with Crippen LogP contribution in [0.25, 0.3) is 0 Å². The maximum Gasteiger partial charge on any atom is 0.237 e. The molecule has 1 aliphatic rings. The zero-order valence-electron chi connectivity index (χ0n) is 10.2. The molecule has 0 bridgehead atoms. The molecule has 5 nitrogen and oxygen atoms in total. The molecule has 1 unspecified atom stereocenters. The third kappa shape index (κ3) is 2.50. The number of sulfonamides is 1. The summed E-state index contributed by atoms with van der Waals surface area (Å²) in [6.07, 6.45) is -0.168. The standard InChI is InChI=1S/C12H17NO4S/c1-17-8-9-18(15,16)13-7-6-12(14)10-4-2-3-5-11(10)13/h2-5,12,14H,6-9H2,1H3. The summed E-state index contributed by atoms with van der Waals surface area (Å²) in [5.74, 6) is -0.0477. The van der Waals surface area contributed by atoms with E-state index in [0.717, 1.165) is 0 Å². The fourth-order valence-corrected chi connectivity index (χ4v) is 3.55. The van der Waals surface area contributed by atoms with Crippen LogP contribution in [-0.2, 0) is 14.8 Å². The Balaban J connectivity index is 2.34. The second-order valence-corrected chi connectivity index (χ2v) is 6.26. The van der Waals surface area contributed by atoms with Crippen LogP contribution >= 0.6 is 0 Å². The molecule has 0 saturated carbocycles. The van der Waals surface area contributed by atoms with Gasteiger partial charge >= 0.3 is 0 Å². The lowest BCUT2D eigenvalue weighted by Gasteiger charge is -2.32. The van der Waals surface area contributed by atoms with Crippen LogP contribution in [0.1, 0.15) is 18.1 Å². The maximum atomic E-state index is 12.2. The monoisotopic (exact) mass is 271 g/mol. The van der Waals surface area contributed by atoms with Crippen molar-refractivity contribution in [2.45, 2.75) is 12.5 Å². The summed E-state index contributed by atoms with van der Waals surface area (Å²) in [5.41, 5.74) is 1.25. The van der Waals surface area contributed by atoms with Crippen LogP contribution in [0.4, 0.5) is 5.69 Å². The predicted molar refractivity (Wildman–Crippen MR) is 69.0 cm³/mol. The lowest BCUT2D eigenvalue weighted by Crippen LogP contribution is -2.39. The molecule has 1 aromatic rings. The van der Waals surface area contributed by atoms with E-state index in [9.17, 15) is 13.5 Å². The second-order valence-electron chi connectivity index (χ2n) is 4.24. The van der Waals surface area contributed by atoms with Crippen molar-refractivity contribution in [3.8, 4) is 0 Å². The Hall–Kier alpha value is -1.11. The molecule has 100 valence electrons. The molecule has 1 atom stereocenters. The Morgan fingerprint density at radius 3 is 2.89 bits per heavy atom. The number of ether oxygens (including phenoxy) is 1. The zero-order chi connectivity index (χ0) is 13.2. The van der Waals surface area contributed by atoms with Gasteiger partial charge in [-0.1, -0.05) is 18.2 Å². The molecule has 0 fully saturated rings. The molecule has 1 N–H and O–H groups in total. The first-order chi connectivity index (χ1) is 8.56. The Morgan fingerprint density at radius 1 is 1.44 bits per heavy atom. The van der Waals surface area contributed by atoms with Crippen LogP contribution in [0, 0.1) is 0 Å². The van der Waals surface area contributed by atoms with E-state index >= 15 is 0 Å². The minimum absolute atomic E-state index is 0.0477. The van der Waals surface area contributed by atoms with E-state index in [4.69, 9.17) is 4.74 Å². The second kappa shape index (κ2) is 5.26. The summed E-state index contributed by atoms with van der Waals surface area (Å²) in [5, 5.41) is 9.87. The minimum atomic E-state index is -3.39. The molecule has 0 radical (unpaired) electrons. The van der Waals surface area contributed by atoms with E-state index in [1.807, 2.05) is 0 Å². The Morgan fingerprint density at radius 2 is 2.17 bits per heavy atom. The molecule has 18 heavy (non-hydrogen) atoms. The molecule has 1 aliphatic heterocycles. The van der Waals surface area contributed by atoms with Crippen LogP contribution in [0.15, 0.2) is 24.3 Å². The van der Waals surface area contributed by atoms with Gasteiger partial charge in [0, 0.05) is 19.2 Å². The fraction of sp³-hybridized carbons (Fsp3) is 0.500. The zero-order valence-corrected chi connectivity index (χ0v) is 11.1. The first kappa shape index (κ1) is 13.3. The highest BCUT2D eigenvalue weighted by atomic mass is 32.2. The van der Waals surface area contributed by atoms with Gasteiger partial charge in [0.25, 0.3) is 0 Å². The number of aliphatic hydroxyl groups is 1. The number of methoxy groups -OCH3 is 1. The van der Waals surface area contributed by atoms with Crippen LogP contribution in [-0.4, -0.2) is 39.5 Å². The van der Waals surface area contributed by atoms with Gasteiger partial charge in [-0.3, -0.25) is 4.31 Å². The van der Waals surface area contributed by atoms with E-state index in [0.29, 0.717) is 24.2 Å². The largest absolute Gasteiger partial charge is 0.388 e. The van der Waals surface area contributed by atoms with Gasteiger partial charge in [-0.2, -0.15) is 0 Å². The smallest absolute Gasteiger partial charge is 0.237 e. The van der Waals surface area contributed by atoms with E-state index in [-0.39, 0.29) is 12.4 Å². The lowest BCUT2D eigenvalue weighted by atomic mass is 10.0. The molecule has 0 aromatic heterocycles. The van der Waals surface area contributed by atoms with Crippen molar-refractivity contribution in [3.05, 3.63) is 29.8 Å². The summed E-state index contributed by atoms with van der Waals surface area (Å²) >= 11 is 0. The first-order valence-corrected chi connectivity index (χ1v) is 7.43. The summed E-state index contributed by atoms with van der Waals surface area (Å²) in [6.45, 7) is 0.480. The van der Waals surface area contributed by atoms with Gasteiger partial charge in [0.15, 0.2) is 0 Å². The van der Waals surface area contributed by atoms with Gasteiger partial charge in [-0.15, -0.1) is 0 Å². The number of nitrogens with zero attached hydrogens (tertiary/aromatic N) is 1. The van der Waals surface area contributed by atoms with Crippen molar-refractivity contribution < 1.29 is 18.3 Å². The average Bonchev–Trinajstić information content (AvgIpc) is 2.37. The van der Waals surface area contributed by atoms with E-state index < -0.39 is 16.1 Å². The SMILES string of the molecule is COCCS(=O)(=O)N1CCC(O)c2ccccc21. The van der Waals surface area contributed by atoms with Gasteiger partial charge in [-0.25, -0.2) is 8.42 Å². The number of rotatable bonds is 4. The van der Waals surface area contributed by atoms with Crippen LogP contribution in [0.5, 0.6) is 0 Å². The number of hydrogen-bond donors (Lipinski definition) is 1. The molecule has 1 heterocycles. The molecule has 0 saturated heterocycles. The minimum Gasteiger partial charge on any atom is -0.388 e. The fourth-order valence-electron chi connectivity index (χ4n) is 2.10. The Kier molecular flexibility index (Phi) is 3.89. The number of benzene rings is 1. The van der Waals surface area contributed by atoms with E-state index in [2.05, 4.69) is 0 Å². The molecule has 0 spiro atoms.